The fourth-order valence-corrected chi connectivity index (χ4v) is 6.02. The number of piperidine rings is 1. The molecule has 2 aliphatic heterocycles. The van der Waals surface area contributed by atoms with Gasteiger partial charge in [0.1, 0.15) is 24.0 Å². The van der Waals surface area contributed by atoms with E-state index in [1.165, 1.54) is 18.5 Å². The summed E-state index contributed by atoms with van der Waals surface area (Å²) in [7, 11) is 0. The monoisotopic (exact) mass is 558 g/mol. The third-order valence-electron chi connectivity index (χ3n) is 8.25. The van der Waals surface area contributed by atoms with Gasteiger partial charge in [0.05, 0.1) is 36.6 Å². The van der Waals surface area contributed by atoms with Crippen molar-refractivity contribution < 1.29 is 27.8 Å². The summed E-state index contributed by atoms with van der Waals surface area (Å²) >= 11 is 0. The Labute approximate surface area is 226 Å². The number of fused-ring (bicyclic) bond motifs is 2. The van der Waals surface area contributed by atoms with Gasteiger partial charge in [0.25, 0.3) is 0 Å². The van der Waals surface area contributed by atoms with Crippen LogP contribution in [0.15, 0.2) is 36.9 Å². The molecule has 1 amide bonds. The van der Waals surface area contributed by atoms with Gasteiger partial charge in [-0.3, -0.25) is 4.79 Å². The lowest BCUT2D eigenvalue weighted by Crippen LogP contribution is -2.47. The van der Waals surface area contributed by atoms with Gasteiger partial charge in [0, 0.05) is 13.1 Å². The average molecular weight is 559 g/mol. The van der Waals surface area contributed by atoms with Crippen molar-refractivity contribution in [3.8, 4) is 0 Å². The van der Waals surface area contributed by atoms with E-state index in [1.54, 1.807) is 30.3 Å². The number of nitrogens with zero attached hydrogens (tertiary/aromatic N) is 7. The molecule has 0 saturated carbocycles. The Bertz CT molecular complexity index is 1570. The second-order valence-corrected chi connectivity index (χ2v) is 11.0. The van der Waals surface area contributed by atoms with Crippen LogP contribution in [0, 0.1) is 5.41 Å². The number of nitrogens with two attached hydrogens (primary N) is 1. The lowest BCUT2D eigenvalue weighted by Gasteiger charge is -2.43. The van der Waals surface area contributed by atoms with E-state index < -0.39 is 36.1 Å². The molecule has 2 saturated heterocycles. The normalized spacial score (nSPS) is 23.6. The maximum atomic E-state index is 13.7. The molecule has 1 spiro atoms. The molecule has 14 heteroatoms. The zero-order chi connectivity index (χ0) is 28.3. The summed E-state index contributed by atoms with van der Waals surface area (Å²) in [6.07, 6.45) is -0.0903. The lowest BCUT2D eigenvalue weighted by atomic mass is 9.72. The molecule has 1 aromatic carbocycles. The zero-order valence-corrected chi connectivity index (χ0v) is 21.8. The second kappa shape index (κ2) is 9.41. The number of alkyl halides is 3. The van der Waals surface area contributed by atoms with Crippen molar-refractivity contribution in [3.05, 3.63) is 42.7 Å². The number of likely N-dealkylation sites (tertiary alicyclic amines) is 1. The van der Waals surface area contributed by atoms with Crippen LogP contribution in [0.2, 0.25) is 0 Å². The molecule has 3 N–H and O–H groups in total. The molecule has 0 unspecified atom stereocenters. The molecule has 2 atom stereocenters. The number of hydrogen-bond donors (Lipinski definition) is 2. The summed E-state index contributed by atoms with van der Waals surface area (Å²) in [4.78, 5) is 31.3. The van der Waals surface area contributed by atoms with Crippen molar-refractivity contribution in [1.82, 2.24) is 34.0 Å². The van der Waals surface area contributed by atoms with Gasteiger partial charge in [0.2, 0.25) is 11.7 Å². The largest absolute Gasteiger partial charge is 0.449 e. The molecular weight excluding hydrogens is 529 g/mol. The van der Waals surface area contributed by atoms with Crippen molar-refractivity contribution in [2.24, 2.45) is 5.41 Å². The fraction of sp³-hybridized carbons (Fsp3) is 0.500. The summed E-state index contributed by atoms with van der Waals surface area (Å²) in [5, 5.41) is 11.4. The molecule has 11 nitrogen and oxygen atoms in total. The predicted octanol–water partition coefficient (Wildman–Crippen LogP) is 2.80. The maximum absolute atomic E-state index is 13.7. The molecule has 5 heterocycles. The van der Waals surface area contributed by atoms with Crippen LogP contribution in [-0.4, -0.2) is 76.9 Å². The molecular formula is C26H29F3N8O3. The van der Waals surface area contributed by atoms with E-state index in [-0.39, 0.29) is 28.9 Å². The molecule has 212 valence electrons. The summed E-state index contributed by atoms with van der Waals surface area (Å²) in [5.74, 6) is -1.25. The van der Waals surface area contributed by atoms with Gasteiger partial charge in [-0.25, -0.2) is 19.9 Å². The van der Waals surface area contributed by atoms with Crippen LogP contribution >= 0.6 is 0 Å². The Morgan fingerprint density at radius 3 is 2.67 bits per heavy atom. The summed E-state index contributed by atoms with van der Waals surface area (Å²) in [6.45, 7) is 2.43. The molecule has 0 aliphatic carbocycles. The van der Waals surface area contributed by atoms with Crippen molar-refractivity contribution in [2.75, 3.05) is 32.0 Å². The standard InChI is InChI=1S/C26H29F3N8O3/c1-24(39)12-40-13-25(10-18(24)37-15-33-20-21(30)31-14-32-22(20)37)6-8-35(9-7-25)19(38)11-36-17-5-3-2-4-16(17)34-23(36)26(27,28)29/h2-5,14-15,18,39H,6-13H2,1H3,(H2,30,31,32)/t18-,24-/m1/s1. The number of ether oxygens (including phenoxy) is 1. The SMILES string of the molecule is C[C@@]1(O)COCC2(CCN(C(=O)Cn3c(C(F)(F)F)nc4ccccc43)CC2)C[C@H]1n1cnc2c(N)ncnc21. The number of aliphatic hydroxyl groups is 1. The van der Waals surface area contributed by atoms with Gasteiger partial charge in [-0.05, 0) is 43.7 Å². The number of nitrogen functional groups attached to an aromatic ring is 1. The van der Waals surface area contributed by atoms with Gasteiger partial charge in [-0.2, -0.15) is 13.2 Å². The molecule has 4 aromatic rings. The average Bonchev–Trinajstić information content (AvgIpc) is 3.47. The molecule has 0 radical (unpaired) electrons. The quantitative estimate of drug-likeness (QED) is 0.392. The van der Waals surface area contributed by atoms with E-state index in [4.69, 9.17) is 10.5 Å². The van der Waals surface area contributed by atoms with E-state index in [1.807, 2.05) is 4.57 Å². The smallest absolute Gasteiger partial charge is 0.386 e. The first-order valence-electron chi connectivity index (χ1n) is 13.0. The van der Waals surface area contributed by atoms with E-state index in [0.29, 0.717) is 50.1 Å². The minimum absolute atomic E-state index is 0.0935. The van der Waals surface area contributed by atoms with Crippen LogP contribution in [0.1, 0.15) is 38.1 Å². The van der Waals surface area contributed by atoms with E-state index in [0.717, 1.165) is 4.57 Å². The number of carbonyl (C=O) groups is 1. The number of imidazole rings is 2. The molecule has 0 bridgehead atoms. The number of rotatable bonds is 3. The van der Waals surface area contributed by atoms with Crippen molar-refractivity contribution in [3.63, 3.8) is 0 Å². The van der Waals surface area contributed by atoms with Crippen LogP contribution in [0.5, 0.6) is 0 Å². The maximum Gasteiger partial charge on any atom is 0.449 e. The first-order valence-corrected chi connectivity index (χ1v) is 13.0. The van der Waals surface area contributed by atoms with Crippen LogP contribution in [0.3, 0.4) is 0 Å². The van der Waals surface area contributed by atoms with Gasteiger partial charge >= 0.3 is 6.18 Å². The number of anilines is 1. The topological polar surface area (TPSA) is 137 Å². The number of halogens is 3. The Morgan fingerprint density at radius 1 is 1.18 bits per heavy atom. The van der Waals surface area contributed by atoms with E-state index in [9.17, 15) is 23.1 Å². The van der Waals surface area contributed by atoms with Crippen molar-refractivity contribution in [2.45, 2.75) is 50.6 Å². The summed E-state index contributed by atoms with van der Waals surface area (Å²) < 4.78 is 49.9. The zero-order valence-electron chi connectivity index (χ0n) is 21.8. The Morgan fingerprint density at radius 2 is 1.93 bits per heavy atom. The molecule has 2 fully saturated rings. The summed E-state index contributed by atoms with van der Waals surface area (Å²) in [6, 6.07) is 5.82. The Balaban J connectivity index is 1.22. The Kier molecular flexibility index (Phi) is 6.22. The highest BCUT2D eigenvalue weighted by molar-refractivity contribution is 5.82. The van der Waals surface area contributed by atoms with Gasteiger partial charge in [-0.15, -0.1) is 0 Å². The molecule has 40 heavy (non-hydrogen) atoms. The number of hydrogen-bond acceptors (Lipinski definition) is 8. The number of benzene rings is 1. The fourth-order valence-electron chi connectivity index (χ4n) is 6.02. The van der Waals surface area contributed by atoms with Crippen LogP contribution in [0.4, 0.5) is 19.0 Å². The highest BCUT2D eigenvalue weighted by atomic mass is 19.4. The first kappa shape index (κ1) is 26.4. The van der Waals surface area contributed by atoms with Crippen LogP contribution < -0.4 is 5.73 Å². The third kappa shape index (κ3) is 4.54. The van der Waals surface area contributed by atoms with Crippen LogP contribution in [-0.2, 0) is 22.3 Å². The number of para-hydroxylation sites is 2. The molecule has 3 aromatic heterocycles. The van der Waals surface area contributed by atoms with Crippen molar-refractivity contribution in [1.29, 1.82) is 0 Å². The third-order valence-corrected chi connectivity index (χ3v) is 8.25. The predicted molar refractivity (Wildman–Crippen MR) is 138 cm³/mol. The minimum atomic E-state index is -4.69. The Hall–Kier alpha value is -3.78. The molecule has 6 rings (SSSR count). The van der Waals surface area contributed by atoms with Gasteiger partial charge in [-0.1, -0.05) is 12.1 Å². The van der Waals surface area contributed by atoms with Crippen molar-refractivity contribution >= 4 is 33.9 Å². The van der Waals surface area contributed by atoms with Crippen LogP contribution in [0.25, 0.3) is 22.2 Å². The number of amides is 1. The second-order valence-electron chi connectivity index (χ2n) is 11.0. The first-order chi connectivity index (χ1) is 19.0. The summed E-state index contributed by atoms with van der Waals surface area (Å²) in [5.41, 5.74) is 5.77. The highest BCUT2D eigenvalue weighted by Crippen LogP contribution is 2.46. The van der Waals surface area contributed by atoms with Gasteiger partial charge < -0.3 is 29.6 Å². The van der Waals surface area contributed by atoms with Gasteiger partial charge in [0.15, 0.2) is 11.5 Å². The molecule has 2 aliphatic rings. The number of aromatic nitrogens is 6. The lowest BCUT2D eigenvalue weighted by molar-refractivity contribution is -0.148. The highest BCUT2D eigenvalue weighted by Gasteiger charge is 2.47. The number of carbonyl (C=O) groups excluding carboxylic acids is 1. The van der Waals surface area contributed by atoms with E-state index >= 15 is 0 Å². The minimum Gasteiger partial charge on any atom is -0.386 e. The van der Waals surface area contributed by atoms with E-state index in [2.05, 4.69) is 19.9 Å².